The summed E-state index contributed by atoms with van der Waals surface area (Å²) in [5.74, 6) is 0.944. The number of rotatable bonds is 5. The van der Waals surface area contributed by atoms with Crippen LogP contribution in [-0.4, -0.2) is 22.2 Å². The van der Waals surface area contributed by atoms with E-state index in [4.69, 9.17) is 4.98 Å². The van der Waals surface area contributed by atoms with Crippen LogP contribution in [0, 0.1) is 0 Å². The van der Waals surface area contributed by atoms with E-state index in [0.717, 1.165) is 44.8 Å². The monoisotopic (exact) mass is 767 g/mol. The van der Waals surface area contributed by atoms with Crippen LogP contribution in [-0.2, 0) is 0 Å². The van der Waals surface area contributed by atoms with E-state index in [9.17, 15) is 0 Å². The van der Waals surface area contributed by atoms with Crippen molar-refractivity contribution in [1.29, 1.82) is 0 Å². The number of para-hydroxylation sites is 2. The molecule has 276 valence electrons. The fourth-order valence-electron chi connectivity index (χ4n) is 9.99. The van der Waals surface area contributed by atoms with E-state index in [1.807, 2.05) is 0 Å². The summed E-state index contributed by atoms with van der Waals surface area (Å²) in [6.45, 7) is 0. The first-order valence-corrected chi connectivity index (χ1v) is 22.3. The summed E-state index contributed by atoms with van der Waals surface area (Å²) in [6.07, 6.45) is 0. The van der Waals surface area contributed by atoms with Gasteiger partial charge in [0.25, 0.3) is 0 Å². The van der Waals surface area contributed by atoms with E-state index in [2.05, 4.69) is 234 Å². The first-order chi connectivity index (χ1) is 29.3. The Labute approximate surface area is 343 Å². The lowest BCUT2D eigenvalue weighted by atomic mass is 9.89. The minimum Gasteiger partial charge on any atom is -0.307 e. The third-order valence-electron chi connectivity index (χ3n) is 12.4. The van der Waals surface area contributed by atoms with Crippen molar-refractivity contribution in [3.63, 3.8) is 0 Å². The molecule has 0 atom stereocenters. The van der Waals surface area contributed by atoms with Crippen LogP contribution in [0.5, 0.6) is 0 Å². The van der Waals surface area contributed by atoms with Crippen LogP contribution in [0.2, 0.25) is 0 Å². The highest BCUT2D eigenvalue weighted by atomic mass is 28.3. The van der Waals surface area contributed by atoms with Crippen molar-refractivity contribution in [1.82, 2.24) is 14.1 Å². The molecule has 0 saturated carbocycles. The van der Waals surface area contributed by atoms with Crippen molar-refractivity contribution in [2.75, 3.05) is 0 Å². The molecule has 1 aliphatic rings. The third-order valence-corrected chi connectivity index (χ3v) is 17.2. The van der Waals surface area contributed by atoms with Gasteiger partial charge in [0.2, 0.25) is 0 Å². The topological polar surface area (TPSA) is 22.8 Å². The van der Waals surface area contributed by atoms with Gasteiger partial charge in [-0.05, 0) is 73.8 Å². The van der Waals surface area contributed by atoms with E-state index in [-0.39, 0.29) is 0 Å². The fraction of sp³-hybridized carbons (Fsp3) is 0. The van der Waals surface area contributed by atoms with Crippen LogP contribution >= 0.6 is 0 Å². The zero-order chi connectivity index (χ0) is 38.9. The van der Waals surface area contributed by atoms with Gasteiger partial charge >= 0.3 is 0 Å². The van der Waals surface area contributed by atoms with Gasteiger partial charge in [-0.15, -0.1) is 0 Å². The van der Waals surface area contributed by atoms with Gasteiger partial charge in [-0.25, -0.2) is 4.98 Å². The van der Waals surface area contributed by atoms with E-state index in [0.29, 0.717) is 0 Å². The predicted octanol–water partition coefficient (Wildman–Crippen LogP) is 10.8. The second-order valence-electron chi connectivity index (χ2n) is 15.5. The largest absolute Gasteiger partial charge is 0.307 e. The molecule has 0 bridgehead atoms. The highest BCUT2D eigenvalue weighted by Crippen LogP contribution is 2.46. The number of hydrogen-bond acceptors (Lipinski definition) is 1. The fourth-order valence-corrected chi connectivity index (χ4v) is 14.8. The van der Waals surface area contributed by atoms with Crippen LogP contribution in [0.15, 0.2) is 224 Å². The van der Waals surface area contributed by atoms with Crippen LogP contribution in [0.4, 0.5) is 0 Å². The summed E-state index contributed by atoms with van der Waals surface area (Å²) in [4.78, 5) is 5.74. The van der Waals surface area contributed by atoms with Crippen molar-refractivity contribution in [3.05, 3.63) is 224 Å². The second-order valence-corrected chi connectivity index (χ2v) is 19.3. The summed E-state index contributed by atoms with van der Waals surface area (Å²) in [5.41, 5.74) is 12.5. The van der Waals surface area contributed by atoms with Crippen molar-refractivity contribution < 1.29 is 0 Å². The van der Waals surface area contributed by atoms with Crippen LogP contribution < -0.4 is 20.7 Å². The quantitative estimate of drug-likeness (QED) is 0.126. The SMILES string of the molecule is c1ccc([Si](c2ccccc2)(c2ccccc2)c2cccc(-n3c4ccccc4c4ccc5c(nc6n5-c5ccccc5-c5ccccc5-c5ccccc5-6)c43)c2)cc1. The van der Waals surface area contributed by atoms with Gasteiger partial charge in [0, 0.05) is 27.6 Å². The molecular formula is C55H37N3Si. The molecule has 3 nitrogen and oxygen atoms in total. The molecule has 0 amide bonds. The molecule has 1 aliphatic heterocycles. The lowest BCUT2D eigenvalue weighted by Gasteiger charge is -2.34. The molecule has 0 radical (unpaired) electrons. The van der Waals surface area contributed by atoms with Crippen LogP contribution in [0.1, 0.15) is 0 Å². The zero-order valence-corrected chi connectivity index (χ0v) is 33.2. The summed E-state index contributed by atoms with van der Waals surface area (Å²) in [6, 6.07) is 82.6. The lowest BCUT2D eigenvalue weighted by Crippen LogP contribution is -2.74. The summed E-state index contributed by atoms with van der Waals surface area (Å²) in [5, 5.41) is 7.78. The Balaban J connectivity index is 1.19. The number of nitrogens with zero attached hydrogens (tertiary/aromatic N) is 3. The minimum atomic E-state index is -2.80. The van der Waals surface area contributed by atoms with Gasteiger partial charge in [-0.2, -0.15) is 0 Å². The molecule has 4 heteroatoms. The first-order valence-electron chi connectivity index (χ1n) is 20.3. The number of imidazole rings is 1. The van der Waals surface area contributed by atoms with Gasteiger partial charge in [0.1, 0.15) is 11.3 Å². The molecule has 2 aromatic heterocycles. The maximum atomic E-state index is 5.74. The molecule has 59 heavy (non-hydrogen) atoms. The van der Waals surface area contributed by atoms with E-state index in [1.165, 1.54) is 53.8 Å². The van der Waals surface area contributed by atoms with Gasteiger partial charge in [0.15, 0.2) is 8.07 Å². The number of hydrogen-bond donors (Lipinski definition) is 0. The van der Waals surface area contributed by atoms with E-state index in [1.54, 1.807) is 0 Å². The maximum absolute atomic E-state index is 5.74. The average molecular weight is 768 g/mol. The van der Waals surface area contributed by atoms with Crippen molar-refractivity contribution in [2.24, 2.45) is 0 Å². The maximum Gasteiger partial charge on any atom is 0.179 e. The molecule has 3 heterocycles. The highest BCUT2D eigenvalue weighted by molar-refractivity contribution is 7.19. The van der Waals surface area contributed by atoms with Crippen molar-refractivity contribution >= 4 is 61.7 Å². The molecule has 0 fully saturated rings. The van der Waals surface area contributed by atoms with Gasteiger partial charge in [-0.3, -0.25) is 4.57 Å². The molecule has 0 unspecified atom stereocenters. The Morgan fingerprint density at radius 2 is 0.847 bits per heavy atom. The zero-order valence-electron chi connectivity index (χ0n) is 32.2. The van der Waals surface area contributed by atoms with E-state index >= 15 is 0 Å². The molecule has 0 spiro atoms. The van der Waals surface area contributed by atoms with Crippen LogP contribution in [0.3, 0.4) is 0 Å². The first kappa shape index (κ1) is 33.6. The number of aromatic nitrogens is 3. The molecule has 0 N–H and O–H groups in total. The molecule has 0 aliphatic carbocycles. The smallest absolute Gasteiger partial charge is 0.179 e. The van der Waals surface area contributed by atoms with Crippen molar-refractivity contribution in [2.45, 2.75) is 0 Å². The minimum absolute atomic E-state index is 0.944. The average Bonchev–Trinajstić information content (AvgIpc) is 3.86. The number of fused-ring (bicyclic) bond motifs is 14. The third kappa shape index (κ3) is 4.90. The van der Waals surface area contributed by atoms with Gasteiger partial charge in [0.05, 0.1) is 22.2 Å². The number of benzene rings is 9. The molecular weight excluding hydrogens is 731 g/mol. The Hall–Kier alpha value is -7.53. The van der Waals surface area contributed by atoms with Crippen LogP contribution in [0.25, 0.3) is 77.9 Å². The Kier molecular flexibility index (Phi) is 7.56. The van der Waals surface area contributed by atoms with E-state index < -0.39 is 8.07 Å². The summed E-state index contributed by atoms with van der Waals surface area (Å²) in [7, 11) is -2.80. The van der Waals surface area contributed by atoms with Gasteiger partial charge in [-0.1, -0.05) is 188 Å². The molecule has 9 aromatic carbocycles. The van der Waals surface area contributed by atoms with Gasteiger partial charge < -0.3 is 4.57 Å². The standard InChI is InChI=1S/C55H37N3Si/c1-4-20-39(21-5-1)59(40-22-6-2-7-23-40,41-24-8-3-9-25-41)42-26-18-19-38(37-42)57-50-33-16-15-31-47(50)48-35-36-52-53(54(48)57)56-55-49-32-13-12-29-45(49)43-27-10-11-28-44(43)46-30-14-17-34-51(46)58(52)55/h1-37H. The Bertz CT molecular complexity index is 3290. The van der Waals surface area contributed by atoms with Crippen molar-refractivity contribution in [3.8, 4) is 45.0 Å². The lowest BCUT2D eigenvalue weighted by molar-refractivity contribution is 1.10. The predicted molar refractivity (Wildman–Crippen MR) is 249 cm³/mol. The highest BCUT2D eigenvalue weighted by Gasteiger charge is 2.41. The molecule has 11 aromatic rings. The molecule has 12 rings (SSSR count). The second kappa shape index (κ2) is 13.3. The summed E-state index contributed by atoms with van der Waals surface area (Å²) >= 11 is 0. The molecule has 0 saturated heterocycles. The normalized spacial score (nSPS) is 12.1. The Morgan fingerprint density at radius 1 is 0.339 bits per heavy atom. The Morgan fingerprint density at radius 3 is 1.51 bits per heavy atom. The summed E-state index contributed by atoms with van der Waals surface area (Å²) < 4.78 is 4.87.